The Bertz CT molecular complexity index is 1500. The molecule has 4 amide bonds. The number of carbonyl (C=O) groups excluding carboxylic acids is 4. The summed E-state index contributed by atoms with van der Waals surface area (Å²) in [7, 11) is 1.59. The molecule has 3 aromatic rings. The van der Waals surface area contributed by atoms with Crippen molar-refractivity contribution in [3.63, 3.8) is 0 Å². The number of methoxy groups -OCH3 is 1. The fourth-order valence-electron chi connectivity index (χ4n) is 5.72. The molecule has 0 bridgehead atoms. The van der Waals surface area contributed by atoms with Crippen LogP contribution in [0.2, 0.25) is 0 Å². The van der Waals surface area contributed by atoms with Crippen molar-refractivity contribution in [2.75, 3.05) is 7.11 Å². The lowest BCUT2D eigenvalue weighted by Crippen LogP contribution is -2.67. The van der Waals surface area contributed by atoms with E-state index in [-0.39, 0.29) is 31.3 Å². The molecule has 1 heterocycles. The molecular weight excluding hydrogens is 562 g/mol. The first-order valence-electron chi connectivity index (χ1n) is 15.1. The lowest BCUT2D eigenvalue weighted by molar-refractivity contribution is -0.137. The summed E-state index contributed by atoms with van der Waals surface area (Å²) in [6, 6.07) is 13.0. The van der Waals surface area contributed by atoms with Crippen molar-refractivity contribution in [3.8, 4) is 5.75 Å². The largest absolute Gasteiger partial charge is 0.495 e. The number of aromatic amines is 1. The molecule has 11 nitrogen and oxygen atoms in total. The molecule has 0 unspecified atom stereocenters. The number of H-pyrrole nitrogens is 1. The normalized spacial score (nSPS) is 18.0. The van der Waals surface area contributed by atoms with E-state index < -0.39 is 41.4 Å². The highest BCUT2D eigenvalue weighted by molar-refractivity contribution is 5.98. The van der Waals surface area contributed by atoms with Crippen LogP contribution in [-0.2, 0) is 38.6 Å². The molecule has 4 atom stereocenters. The van der Waals surface area contributed by atoms with Crippen LogP contribution >= 0.6 is 0 Å². The van der Waals surface area contributed by atoms with Crippen molar-refractivity contribution >= 4 is 34.7 Å². The number of benzene rings is 2. The number of nitrogens with two attached hydrogens (primary N) is 1. The molecule has 1 aromatic heterocycles. The number of primary amides is 1. The minimum Gasteiger partial charge on any atom is -0.495 e. The Morgan fingerprint density at radius 2 is 1.73 bits per heavy atom. The van der Waals surface area contributed by atoms with Crippen LogP contribution in [0.5, 0.6) is 5.75 Å². The van der Waals surface area contributed by atoms with Gasteiger partial charge in [0.25, 0.3) is 0 Å². The van der Waals surface area contributed by atoms with Gasteiger partial charge in [0.05, 0.1) is 12.6 Å². The third kappa shape index (κ3) is 6.98. The zero-order chi connectivity index (χ0) is 32.0. The zero-order valence-corrected chi connectivity index (χ0v) is 26.0. The number of nitrogens with one attached hydrogen (secondary N) is 4. The van der Waals surface area contributed by atoms with E-state index >= 15 is 0 Å². The van der Waals surface area contributed by atoms with E-state index in [0.29, 0.717) is 18.6 Å². The van der Waals surface area contributed by atoms with Gasteiger partial charge in [-0.2, -0.15) is 0 Å². The molecule has 0 saturated heterocycles. The zero-order valence-electron chi connectivity index (χ0n) is 26.0. The molecule has 1 aliphatic carbocycles. The second-order valence-electron chi connectivity index (χ2n) is 11.9. The lowest BCUT2D eigenvalue weighted by atomic mass is 9.78. The van der Waals surface area contributed by atoms with Crippen LogP contribution in [0.25, 0.3) is 10.9 Å². The van der Waals surface area contributed by atoms with Crippen molar-refractivity contribution < 1.29 is 28.7 Å². The fourth-order valence-corrected chi connectivity index (χ4v) is 5.72. The van der Waals surface area contributed by atoms with Gasteiger partial charge in [0.2, 0.25) is 17.7 Å². The molecular formula is C33H43N5O6. The van der Waals surface area contributed by atoms with Crippen LogP contribution in [0.15, 0.2) is 48.5 Å². The third-order valence-electron chi connectivity index (χ3n) is 8.53. The van der Waals surface area contributed by atoms with E-state index in [2.05, 4.69) is 20.9 Å². The quantitative estimate of drug-likeness (QED) is 0.212. The van der Waals surface area contributed by atoms with Crippen LogP contribution in [0.1, 0.15) is 57.4 Å². The number of hydrogen-bond acceptors (Lipinski definition) is 6. The minimum absolute atomic E-state index is 0.0460. The van der Waals surface area contributed by atoms with E-state index in [1.807, 2.05) is 62.4 Å². The first-order chi connectivity index (χ1) is 21.0. The van der Waals surface area contributed by atoms with Crippen LogP contribution in [0, 0.1) is 11.8 Å². The molecule has 44 heavy (non-hydrogen) atoms. The Labute approximate surface area is 257 Å². The predicted molar refractivity (Wildman–Crippen MR) is 167 cm³/mol. The Morgan fingerprint density at radius 1 is 1.00 bits per heavy atom. The molecule has 0 radical (unpaired) electrons. The van der Waals surface area contributed by atoms with E-state index in [0.717, 1.165) is 27.7 Å². The van der Waals surface area contributed by atoms with Gasteiger partial charge in [0.1, 0.15) is 30.0 Å². The van der Waals surface area contributed by atoms with Crippen LogP contribution in [0.4, 0.5) is 4.79 Å². The Morgan fingerprint density at radius 3 is 2.36 bits per heavy atom. The van der Waals surface area contributed by atoms with E-state index in [1.54, 1.807) is 21.0 Å². The number of aryl methyl sites for hydroxylation is 1. The summed E-state index contributed by atoms with van der Waals surface area (Å²) in [4.78, 5) is 56.7. The Kier molecular flexibility index (Phi) is 10.2. The van der Waals surface area contributed by atoms with Crippen molar-refractivity contribution in [2.45, 2.75) is 77.6 Å². The van der Waals surface area contributed by atoms with Gasteiger partial charge in [-0.15, -0.1) is 0 Å². The SMILES string of the molecule is CC[C@H](C)[C@H](NC(=O)OCc1ccccc1)C(=O)N[C@@]1(C(=O)N[C@H](C(N)=O)C(C)C)CCc2[nH]c3c(OC)cccc3c2C1. The molecule has 0 fully saturated rings. The van der Waals surface area contributed by atoms with Gasteiger partial charge in [0.15, 0.2) is 0 Å². The van der Waals surface area contributed by atoms with Crippen molar-refractivity contribution in [1.82, 2.24) is 20.9 Å². The maximum Gasteiger partial charge on any atom is 0.408 e. The van der Waals surface area contributed by atoms with Gasteiger partial charge < -0.3 is 36.1 Å². The van der Waals surface area contributed by atoms with Gasteiger partial charge in [-0.3, -0.25) is 14.4 Å². The number of fused-ring (bicyclic) bond motifs is 3. The highest BCUT2D eigenvalue weighted by Gasteiger charge is 2.46. The van der Waals surface area contributed by atoms with E-state index in [9.17, 15) is 19.2 Å². The second-order valence-corrected chi connectivity index (χ2v) is 11.9. The topological polar surface area (TPSA) is 165 Å². The predicted octanol–water partition coefficient (Wildman–Crippen LogP) is 3.49. The minimum atomic E-state index is -1.42. The lowest BCUT2D eigenvalue weighted by Gasteiger charge is -2.39. The summed E-state index contributed by atoms with van der Waals surface area (Å²) in [5.41, 5.74) is 7.64. The molecule has 0 saturated carbocycles. The summed E-state index contributed by atoms with van der Waals surface area (Å²) in [5, 5.41) is 9.42. The van der Waals surface area contributed by atoms with E-state index in [4.69, 9.17) is 15.2 Å². The Balaban J connectivity index is 1.65. The van der Waals surface area contributed by atoms with Crippen molar-refractivity contribution in [1.29, 1.82) is 0 Å². The number of para-hydroxylation sites is 1. The molecule has 11 heteroatoms. The molecule has 0 spiro atoms. The molecule has 4 rings (SSSR count). The number of rotatable bonds is 12. The van der Waals surface area contributed by atoms with Crippen LogP contribution < -0.4 is 26.4 Å². The summed E-state index contributed by atoms with van der Waals surface area (Å²) in [6.45, 7) is 7.38. The van der Waals surface area contributed by atoms with Gasteiger partial charge in [0, 0.05) is 17.5 Å². The van der Waals surface area contributed by atoms with Crippen molar-refractivity contribution in [3.05, 3.63) is 65.4 Å². The van der Waals surface area contributed by atoms with Gasteiger partial charge in [-0.25, -0.2) is 4.79 Å². The summed E-state index contributed by atoms with van der Waals surface area (Å²) < 4.78 is 10.9. The summed E-state index contributed by atoms with van der Waals surface area (Å²) >= 11 is 0. The van der Waals surface area contributed by atoms with Crippen LogP contribution in [-0.4, -0.2) is 53.5 Å². The smallest absolute Gasteiger partial charge is 0.408 e. The van der Waals surface area contributed by atoms with Gasteiger partial charge in [-0.1, -0.05) is 76.6 Å². The molecule has 1 aliphatic rings. The number of aromatic nitrogens is 1. The molecule has 236 valence electrons. The highest BCUT2D eigenvalue weighted by Crippen LogP contribution is 2.37. The monoisotopic (exact) mass is 605 g/mol. The molecule has 6 N–H and O–H groups in total. The number of hydrogen-bond donors (Lipinski definition) is 5. The number of amides is 4. The second kappa shape index (κ2) is 13.8. The van der Waals surface area contributed by atoms with Crippen LogP contribution in [0.3, 0.4) is 0 Å². The Hall–Kier alpha value is -4.54. The van der Waals surface area contributed by atoms with Crippen molar-refractivity contribution in [2.24, 2.45) is 17.6 Å². The molecule has 2 aromatic carbocycles. The summed E-state index contributed by atoms with van der Waals surface area (Å²) in [5.74, 6) is -1.57. The van der Waals surface area contributed by atoms with Gasteiger partial charge >= 0.3 is 6.09 Å². The molecule has 0 aliphatic heterocycles. The van der Waals surface area contributed by atoms with Gasteiger partial charge in [-0.05, 0) is 41.9 Å². The average Bonchev–Trinajstić information content (AvgIpc) is 3.38. The standard InChI is InChI=1S/C33H43N5O6/c1-6-20(4)27(37-32(42)44-18-21-11-8-7-9-12-21)30(40)38-33(31(41)36-26(19(2)3)29(34)39)16-15-24-23(17-33)22-13-10-14-25(43-5)28(22)35-24/h7-14,19-20,26-27,35H,6,15-18H2,1-5H3,(H2,34,39)(H,36,41)(H,37,42)(H,38,40)/t20-,26-,27-,33-/m0/s1. The van der Waals surface area contributed by atoms with E-state index in [1.165, 1.54) is 0 Å². The average molecular weight is 606 g/mol. The number of carbonyl (C=O) groups is 4. The highest BCUT2D eigenvalue weighted by atomic mass is 16.5. The number of ether oxygens (including phenoxy) is 2. The fraction of sp³-hybridized carbons (Fsp3) is 0.455. The first kappa shape index (κ1) is 32.4. The first-order valence-corrected chi connectivity index (χ1v) is 15.1. The maximum absolute atomic E-state index is 14.1. The number of alkyl carbamates (subject to hydrolysis) is 1. The summed E-state index contributed by atoms with van der Waals surface area (Å²) in [6.07, 6.45) is 0.699. The third-order valence-corrected chi connectivity index (χ3v) is 8.53. The maximum atomic E-state index is 14.1.